The number of hydrogen-bond acceptors (Lipinski definition) is 8. The second kappa shape index (κ2) is 33.5. The van der Waals surface area contributed by atoms with Crippen LogP contribution < -0.4 is 34.5 Å². The summed E-state index contributed by atoms with van der Waals surface area (Å²) < 4.78 is 31.0. The molecule has 1 N–H and O–H groups in total. The van der Waals surface area contributed by atoms with Crippen LogP contribution in [0.3, 0.4) is 0 Å². The second-order valence-electron chi connectivity index (χ2n) is 11.4. The maximum atomic E-state index is 12.2. The third-order valence-electron chi connectivity index (χ3n) is 7.28. The van der Waals surface area contributed by atoms with E-state index in [0.717, 1.165) is 38.5 Å². The Bertz CT molecular complexity index is 675. The zero-order valence-corrected chi connectivity index (χ0v) is 30.7. The molecular formula is C32H62NaO9P. The summed E-state index contributed by atoms with van der Waals surface area (Å²) in [7, 11) is -5.01. The molecule has 9 nitrogen and oxygen atoms in total. The fourth-order valence-corrected chi connectivity index (χ4v) is 5.06. The number of Topliss-reactive ketones (excluding diaryl/α,β-unsaturated/α-hetero) is 1. The molecule has 0 aliphatic carbocycles. The van der Waals surface area contributed by atoms with Crippen molar-refractivity contribution in [3.63, 3.8) is 0 Å². The molecule has 0 saturated carbocycles. The van der Waals surface area contributed by atoms with E-state index in [2.05, 4.69) is 18.4 Å². The molecule has 0 heterocycles. The Morgan fingerprint density at radius 1 is 0.674 bits per heavy atom. The monoisotopic (exact) mass is 644 g/mol. The first-order chi connectivity index (χ1) is 20.3. The van der Waals surface area contributed by atoms with Crippen LogP contribution in [0.2, 0.25) is 0 Å². The van der Waals surface area contributed by atoms with Crippen molar-refractivity contribution in [2.75, 3.05) is 20.0 Å². The van der Waals surface area contributed by atoms with Crippen LogP contribution in [-0.2, 0) is 32.9 Å². The summed E-state index contributed by atoms with van der Waals surface area (Å²) in [6.45, 7) is 3.23. The standard InChI is InChI=1S/C32H63O9P.Na/c1-3-5-7-9-11-13-15-17-19-21-23-25-30(33)27-38-29-39-32(28-40-42(35,36)37)41-31(34)26-24-22-20-18-16-14-12-10-8-6-4-2;/h32H,3-29H2,1-2H3,(H2,35,36,37);/q;+1/p-1. The van der Waals surface area contributed by atoms with Gasteiger partial charge in [0.1, 0.15) is 13.2 Å². The summed E-state index contributed by atoms with van der Waals surface area (Å²) in [6.07, 6.45) is 25.3. The Labute approximate surface area is 284 Å². The number of phosphoric ester groups is 1. The van der Waals surface area contributed by atoms with Gasteiger partial charge in [0.2, 0.25) is 6.29 Å². The Balaban J connectivity index is 0. The predicted molar refractivity (Wildman–Crippen MR) is 165 cm³/mol. The number of ether oxygens (including phenoxy) is 3. The van der Waals surface area contributed by atoms with Crippen molar-refractivity contribution >= 4 is 19.6 Å². The molecule has 0 rings (SSSR count). The summed E-state index contributed by atoms with van der Waals surface area (Å²) in [5, 5.41) is 0. The third kappa shape index (κ3) is 36.5. The molecule has 0 aromatic heterocycles. The number of esters is 1. The molecule has 43 heavy (non-hydrogen) atoms. The second-order valence-corrected chi connectivity index (χ2v) is 12.6. The van der Waals surface area contributed by atoms with Crippen molar-refractivity contribution in [2.24, 2.45) is 0 Å². The van der Waals surface area contributed by atoms with Crippen LogP contribution in [-0.4, -0.2) is 42.9 Å². The van der Waals surface area contributed by atoms with Crippen LogP contribution in [0.1, 0.15) is 168 Å². The van der Waals surface area contributed by atoms with Crippen LogP contribution in [0.15, 0.2) is 0 Å². The Hall–Kier alpha value is 0.170. The summed E-state index contributed by atoms with van der Waals surface area (Å²) in [5.41, 5.74) is 0. The molecule has 0 aromatic carbocycles. The van der Waals surface area contributed by atoms with E-state index in [-0.39, 0.29) is 55.2 Å². The summed E-state index contributed by atoms with van der Waals surface area (Å²) in [6, 6.07) is 0. The van der Waals surface area contributed by atoms with E-state index >= 15 is 0 Å². The minimum Gasteiger partial charge on any atom is -0.756 e. The summed E-state index contributed by atoms with van der Waals surface area (Å²) in [4.78, 5) is 44.1. The van der Waals surface area contributed by atoms with E-state index in [9.17, 15) is 19.0 Å². The van der Waals surface area contributed by atoms with Crippen LogP contribution in [0, 0.1) is 0 Å². The van der Waals surface area contributed by atoms with Gasteiger partial charge in [-0.1, -0.05) is 142 Å². The molecule has 0 fully saturated rings. The minimum absolute atomic E-state index is 0. The molecule has 2 unspecified atom stereocenters. The number of hydrogen-bond donors (Lipinski definition) is 1. The Kier molecular flexibility index (Phi) is 35.3. The molecule has 2 atom stereocenters. The number of carbonyl (C=O) groups is 2. The van der Waals surface area contributed by atoms with Gasteiger partial charge in [-0.15, -0.1) is 0 Å². The van der Waals surface area contributed by atoms with Crippen molar-refractivity contribution in [2.45, 2.75) is 174 Å². The first-order valence-corrected chi connectivity index (χ1v) is 18.4. The van der Waals surface area contributed by atoms with Crippen LogP contribution in [0.4, 0.5) is 0 Å². The molecule has 0 bridgehead atoms. The molecule has 11 heteroatoms. The quantitative estimate of drug-likeness (QED) is 0.0332. The average Bonchev–Trinajstić information content (AvgIpc) is 2.95. The molecule has 0 aliphatic heterocycles. The van der Waals surface area contributed by atoms with Gasteiger partial charge in [0.15, 0.2) is 12.6 Å². The minimum atomic E-state index is -5.01. The first-order valence-electron chi connectivity index (χ1n) is 16.9. The van der Waals surface area contributed by atoms with Crippen molar-refractivity contribution in [1.82, 2.24) is 0 Å². The van der Waals surface area contributed by atoms with Gasteiger partial charge in [-0.05, 0) is 12.8 Å². The average molecular weight is 645 g/mol. The van der Waals surface area contributed by atoms with Gasteiger partial charge in [-0.2, -0.15) is 0 Å². The van der Waals surface area contributed by atoms with Crippen molar-refractivity contribution in [1.29, 1.82) is 0 Å². The van der Waals surface area contributed by atoms with Crippen molar-refractivity contribution < 1.29 is 72.2 Å². The van der Waals surface area contributed by atoms with Gasteiger partial charge >= 0.3 is 35.5 Å². The normalized spacial score (nSPS) is 13.3. The third-order valence-corrected chi connectivity index (χ3v) is 7.76. The molecule has 0 amide bonds. The number of rotatable bonds is 33. The number of phosphoric acid groups is 1. The molecule has 0 radical (unpaired) electrons. The number of unbranched alkanes of at least 4 members (excludes halogenated alkanes) is 20. The number of carbonyl (C=O) groups excluding carboxylic acids is 2. The van der Waals surface area contributed by atoms with Gasteiger partial charge in [0.25, 0.3) is 7.82 Å². The van der Waals surface area contributed by atoms with Gasteiger partial charge in [-0.25, -0.2) is 0 Å². The maximum absolute atomic E-state index is 12.2. The zero-order valence-electron chi connectivity index (χ0n) is 27.8. The van der Waals surface area contributed by atoms with Gasteiger partial charge in [-0.3, -0.25) is 14.2 Å². The van der Waals surface area contributed by atoms with E-state index in [1.165, 1.54) is 96.3 Å². The van der Waals surface area contributed by atoms with E-state index in [4.69, 9.17) is 19.1 Å². The largest absolute Gasteiger partial charge is 1.00 e. The van der Waals surface area contributed by atoms with E-state index in [1.54, 1.807) is 0 Å². The smallest absolute Gasteiger partial charge is 0.756 e. The van der Waals surface area contributed by atoms with Gasteiger partial charge < -0.3 is 28.5 Å². The molecule has 0 saturated heterocycles. The van der Waals surface area contributed by atoms with E-state index in [1.807, 2.05) is 0 Å². The van der Waals surface area contributed by atoms with Gasteiger partial charge in [0, 0.05) is 12.8 Å². The van der Waals surface area contributed by atoms with Crippen LogP contribution >= 0.6 is 7.82 Å². The van der Waals surface area contributed by atoms with E-state index in [0.29, 0.717) is 12.8 Å². The van der Waals surface area contributed by atoms with Crippen molar-refractivity contribution in [3.05, 3.63) is 0 Å². The molecule has 250 valence electrons. The SMILES string of the molecule is CCCCCCCCCCCCCC(=O)COCOC(COP(=O)([O-])O)OC(=O)CCCCCCCCCCCCC.[Na+]. The Morgan fingerprint density at radius 3 is 1.49 bits per heavy atom. The topological polar surface area (TPSA) is 131 Å². The summed E-state index contributed by atoms with van der Waals surface area (Å²) in [5.74, 6) is -0.596. The molecule has 0 aromatic rings. The number of ketones is 1. The summed E-state index contributed by atoms with van der Waals surface area (Å²) >= 11 is 0. The first kappa shape index (κ1) is 45.3. The van der Waals surface area contributed by atoms with Crippen LogP contribution in [0.25, 0.3) is 0 Å². The zero-order chi connectivity index (χ0) is 31.2. The molecule has 0 spiro atoms. The van der Waals surface area contributed by atoms with Crippen molar-refractivity contribution in [3.8, 4) is 0 Å². The Morgan fingerprint density at radius 2 is 1.07 bits per heavy atom. The fraction of sp³-hybridized carbons (Fsp3) is 0.938. The van der Waals surface area contributed by atoms with Crippen LogP contribution in [0.5, 0.6) is 0 Å². The fourth-order valence-electron chi connectivity index (χ4n) is 4.75. The molecular weight excluding hydrogens is 582 g/mol. The maximum Gasteiger partial charge on any atom is 1.00 e. The van der Waals surface area contributed by atoms with Gasteiger partial charge in [0.05, 0.1) is 0 Å². The molecule has 0 aliphatic rings. The van der Waals surface area contributed by atoms with E-state index < -0.39 is 26.7 Å². The predicted octanol–water partition coefficient (Wildman–Crippen LogP) is 5.30.